The van der Waals surface area contributed by atoms with Crippen molar-refractivity contribution in [2.45, 2.75) is 218 Å². The van der Waals surface area contributed by atoms with E-state index in [1.807, 2.05) is 86.2 Å². The number of aryl methyl sites for hydroxylation is 1. The van der Waals surface area contributed by atoms with E-state index in [0.29, 0.717) is 29.9 Å². The van der Waals surface area contributed by atoms with Gasteiger partial charge in [-0.3, -0.25) is 23.9 Å². The minimum absolute atomic E-state index is 0.0370. The van der Waals surface area contributed by atoms with Crippen molar-refractivity contribution in [1.82, 2.24) is 55.7 Å². The van der Waals surface area contributed by atoms with Gasteiger partial charge in [0.15, 0.2) is 5.82 Å². The Kier molecular flexibility index (Phi) is 40.7. The second-order valence-electron chi connectivity index (χ2n) is 20.9. The number of nitrogens with one attached hydrogen (secondary N) is 5. The van der Waals surface area contributed by atoms with Crippen LogP contribution in [0.4, 0.5) is 0 Å². The molecule has 0 radical (unpaired) electrons. The molecule has 1 aliphatic heterocycles. The summed E-state index contributed by atoms with van der Waals surface area (Å²) in [5.74, 6) is 3.36. The van der Waals surface area contributed by atoms with Crippen molar-refractivity contribution in [2.75, 3.05) is 46.8 Å². The number of amides is 4. The maximum Gasteiger partial charge on any atom is 0.223 e. The van der Waals surface area contributed by atoms with Gasteiger partial charge in [-0.2, -0.15) is 10.1 Å². The fraction of sp³-hybridized carbons (Fsp3) is 0.827. The first kappa shape index (κ1) is 71.3. The van der Waals surface area contributed by atoms with Crippen LogP contribution < -0.4 is 26.6 Å². The van der Waals surface area contributed by atoms with Crippen molar-refractivity contribution in [1.29, 1.82) is 0 Å². The number of hydrogen-bond acceptors (Lipinski definition) is 12. The largest absolute Gasteiger partial charge is 0.354 e. The molecule has 2 aliphatic carbocycles. The van der Waals surface area contributed by atoms with Gasteiger partial charge in [-0.1, -0.05) is 73.4 Å². The molecule has 3 heterocycles. The summed E-state index contributed by atoms with van der Waals surface area (Å²) in [5, 5.41) is 22.1. The van der Waals surface area contributed by atoms with E-state index >= 15 is 0 Å². The summed E-state index contributed by atoms with van der Waals surface area (Å²) in [7, 11) is 0.0926. The fourth-order valence-corrected chi connectivity index (χ4v) is 6.98. The summed E-state index contributed by atoms with van der Waals surface area (Å²) in [6.07, 6.45) is 12.3. The van der Waals surface area contributed by atoms with Crippen LogP contribution in [0.5, 0.6) is 0 Å². The molecule has 4 amide bonds. The van der Waals surface area contributed by atoms with Crippen LogP contribution in [0.1, 0.15) is 193 Å². The van der Waals surface area contributed by atoms with Gasteiger partial charge < -0.3 is 36.0 Å². The molecule has 2 aromatic rings. The Labute approximate surface area is 432 Å². The molecule has 3 aliphatic rings. The molecule has 5 rings (SSSR count). The van der Waals surface area contributed by atoms with Crippen LogP contribution in [0.2, 0.25) is 0 Å². The molecule has 71 heavy (non-hydrogen) atoms. The number of carbonyl (C=O) groups excluding carboxylic acids is 4. The highest BCUT2D eigenvalue weighted by molar-refractivity contribution is 7.89. The van der Waals surface area contributed by atoms with Crippen molar-refractivity contribution < 1.29 is 32.1 Å². The van der Waals surface area contributed by atoms with E-state index in [1.165, 1.54) is 110 Å². The topological polar surface area (TPSA) is 226 Å². The fourth-order valence-electron chi connectivity index (χ4n) is 6.14. The average molecular weight is 1030 g/mol. The Morgan fingerprint density at radius 1 is 0.732 bits per heavy atom. The lowest BCUT2D eigenvalue weighted by Crippen LogP contribution is -2.44. The predicted octanol–water partition coefficient (Wildman–Crippen LogP) is 7.87. The average Bonchev–Trinajstić information content (AvgIpc) is 4.05. The van der Waals surface area contributed by atoms with Crippen LogP contribution >= 0.6 is 0 Å². The van der Waals surface area contributed by atoms with Gasteiger partial charge in [-0.15, -0.1) is 0 Å². The molecule has 19 heteroatoms. The number of nitrogens with zero attached hydrogens (tertiary/aromatic N) is 6. The predicted molar refractivity (Wildman–Crippen MR) is 291 cm³/mol. The molecule has 0 atom stereocenters. The molecule has 0 aromatic carbocycles. The Hall–Kier alpha value is -3.94. The zero-order chi connectivity index (χ0) is 55.4. The van der Waals surface area contributed by atoms with Gasteiger partial charge in [0.2, 0.25) is 39.5 Å². The van der Waals surface area contributed by atoms with Crippen molar-refractivity contribution >= 4 is 33.7 Å². The van der Waals surface area contributed by atoms with Gasteiger partial charge in [-0.05, 0) is 99.5 Å². The van der Waals surface area contributed by atoms with Crippen LogP contribution in [-0.4, -0.2) is 137 Å². The minimum Gasteiger partial charge on any atom is -0.354 e. The number of aromatic nitrogens is 4. The van der Waals surface area contributed by atoms with Crippen molar-refractivity contribution in [3.8, 4) is 0 Å². The Morgan fingerprint density at radius 3 is 1.37 bits per heavy atom. The minimum atomic E-state index is -2.98. The Morgan fingerprint density at radius 2 is 1.17 bits per heavy atom. The maximum atomic E-state index is 11.2. The molecule has 2 aromatic heterocycles. The quantitative estimate of drug-likeness (QED) is 0.137. The summed E-state index contributed by atoms with van der Waals surface area (Å²) in [4.78, 5) is 49.1. The first-order valence-electron chi connectivity index (χ1n) is 26.1. The third-order valence-corrected chi connectivity index (χ3v) is 12.4. The monoisotopic (exact) mass is 1030 g/mol. The number of carbonyl (C=O) groups is 4. The number of piperazine rings is 1. The molecule has 0 unspecified atom stereocenters. The van der Waals surface area contributed by atoms with Crippen LogP contribution in [0.15, 0.2) is 23.0 Å². The molecule has 5 N–H and O–H groups in total. The van der Waals surface area contributed by atoms with Crippen LogP contribution in [0.3, 0.4) is 0 Å². The molecule has 18 nitrogen and oxygen atoms in total. The highest BCUT2D eigenvalue weighted by Crippen LogP contribution is 2.19. The molecule has 0 bridgehead atoms. The molecule has 2 saturated carbocycles. The van der Waals surface area contributed by atoms with Crippen molar-refractivity contribution in [2.24, 2.45) is 17.8 Å². The highest BCUT2D eigenvalue weighted by atomic mass is 32.2. The lowest BCUT2D eigenvalue weighted by atomic mass is 9.93. The van der Waals surface area contributed by atoms with Gasteiger partial charge >= 0.3 is 0 Å². The molecular formula is C52H105N11O7S. The lowest BCUT2D eigenvalue weighted by molar-refractivity contribution is -0.125. The first-order chi connectivity index (χ1) is 32.8. The number of hydrogen-bond donors (Lipinski definition) is 5. The zero-order valence-electron chi connectivity index (χ0n) is 48.4. The summed E-state index contributed by atoms with van der Waals surface area (Å²) in [6, 6.07) is 3.94. The maximum absolute atomic E-state index is 11.2. The van der Waals surface area contributed by atoms with Crippen LogP contribution in [0, 0.1) is 24.7 Å². The third-order valence-electron chi connectivity index (χ3n) is 10.2. The van der Waals surface area contributed by atoms with Crippen LogP contribution in [0.25, 0.3) is 0 Å². The SMILES string of the molecule is CC(=O)NC(C)C.CC(=O)NC(C)C.CC(C)C(=O)NC1CCC1.CC(C)C(=O)NC1CCCC1.CC(C)CN1CCNCC1.CC(C)S(=O)(=O)N(C)C.CC(C)n1cccn1.Cc1nc(C(C)C)no1. The molecule has 1 saturated heterocycles. The van der Waals surface area contributed by atoms with E-state index in [9.17, 15) is 27.6 Å². The second kappa shape index (κ2) is 40.5. The van der Waals surface area contributed by atoms with Crippen LogP contribution in [-0.2, 0) is 29.2 Å². The van der Waals surface area contributed by atoms with Gasteiger partial charge in [0.05, 0.1) is 5.25 Å². The molecule has 0 spiro atoms. The van der Waals surface area contributed by atoms with Crippen molar-refractivity contribution in [3.05, 3.63) is 30.2 Å². The zero-order valence-corrected chi connectivity index (χ0v) is 49.3. The normalized spacial score (nSPS) is 14.7. The summed E-state index contributed by atoms with van der Waals surface area (Å²) >= 11 is 0. The van der Waals surface area contributed by atoms with E-state index in [2.05, 4.69) is 74.4 Å². The molecule has 416 valence electrons. The van der Waals surface area contributed by atoms with E-state index < -0.39 is 10.0 Å². The van der Waals surface area contributed by atoms with Gasteiger partial charge in [0.1, 0.15) is 0 Å². The van der Waals surface area contributed by atoms with Crippen molar-refractivity contribution in [3.63, 3.8) is 0 Å². The van der Waals surface area contributed by atoms with Gasteiger partial charge in [0, 0.05) is 128 Å². The van der Waals surface area contributed by atoms with E-state index in [0.717, 1.165) is 11.7 Å². The lowest BCUT2D eigenvalue weighted by Gasteiger charge is -2.28. The summed E-state index contributed by atoms with van der Waals surface area (Å²) < 4.78 is 29.8. The van der Waals surface area contributed by atoms with Gasteiger partial charge in [0.25, 0.3) is 0 Å². The first-order valence-corrected chi connectivity index (χ1v) is 27.6. The number of sulfonamides is 1. The standard InChI is InChI=1S/C9H17NO.C8H18N2.C8H15NO.C6H10N2O.C6H10N2.C5H13NO2S.2C5H11NO/c1-7(2)9(11)10-8-5-3-4-6-8;1-8(2)7-10-5-3-9-4-6-10;1-6(2)8(10)9-7-4-3-5-7;1-4(2)6-7-5(3)9-8-6;1-6(2)8-5-3-4-7-8;1-5(2)9(7,8)6(3)4;2*1-4(2)6-5(3)7/h7-8H,3-6H2,1-2H3,(H,10,11);8-9H,3-7H2,1-2H3;6-7H,3-5H2,1-2H3,(H,9,10);4H,1-3H3;3-6H,1-2H3;5H,1-4H3;2*4H,1-3H3,(H,6,7). The summed E-state index contributed by atoms with van der Waals surface area (Å²) in [5.41, 5.74) is 0. The number of rotatable bonds is 12. The smallest absolute Gasteiger partial charge is 0.223 e. The second-order valence-corrected chi connectivity index (χ2v) is 23.6. The summed E-state index contributed by atoms with van der Waals surface area (Å²) in [6.45, 7) is 42.5. The highest BCUT2D eigenvalue weighted by Gasteiger charge is 2.21. The molecular weight excluding hydrogens is 923 g/mol. The van der Waals surface area contributed by atoms with Gasteiger partial charge in [-0.25, -0.2) is 12.7 Å². The van der Waals surface area contributed by atoms with E-state index in [1.54, 1.807) is 27.0 Å². The Bertz CT molecular complexity index is 1710. The van der Waals surface area contributed by atoms with E-state index in [4.69, 9.17) is 4.52 Å². The Balaban J connectivity index is -0.000000748. The molecule has 3 fully saturated rings. The third kappa shape index (κ3) is 41.3. The van der Waals surface area contributed by atoms with E-state index in [-0.39, 0.29) is 52.8 Å².